The zero-order valence-corrected chi connectivity index (χ0v) is 19.7. The van der Waals surface area contributed by atoms with E-state index in [4.69, 9.17) is 5.73 Å². The van der Waals surface area contributed by atoms with Gasteiger partial charge >= 0.3 is 0 Å². The molecule has 0 radical (unpaired) electrons. The number of carbonyl (C=O) groups excluding carboxylic acids is 1. The lowest BCUT2D eigenvalue weighted by Crippen LogP contribution is -2.13. The van der Waals surface area contributed by atoms with Crippen LogP contribution in [0, 0.1) is 6.92 Å². The highest BCUT2D eigenvalue weighted by Crippen LogP contribution is 2.34. The Hall–Kier alpha value is -4.57. The minimum Gasteiger partial charge on any atom is -0.382 e. The molecule has 0 bridgehead atoms. The van der Waals surface area contributed by atoms with E-state index in [-0.39, 0.29) is 5.91 Å². The molecule has 1 amide bonds. The van der Waals surface area contributed by atoms with Crippen LogP contribution in [0.1, 0.15) is 15.9 Å². The molecule has 0 unspecified atom stereocenters. The third kappa shape index (κ3) is 3.60. The average Bonchev–Trinajstić information content (AvgIpc) is 3.44. The fourth-order valence-corrected chi connectivity index (χ4v) is 5.11. The first-order valence-electron chi connectivity index (χ1n) is 10.9. The lowest BCUT2D eigenvalue weighted by Gasteiger charge is -2.14. The third-order valence-electron chi connectivity index (χ3n) is 5.90. The van der Waals surface area contributed by atoms with Crippen molar-refractivity contribution in [3.8, 4) is 0 Å². The number of nitrogens with one attached hydrogen (secondary N) is 2. The van der Waals surface area contributed by atoms with Crippen molar-refractivity contribution in [3.05, 3.63) is 71.6 Å². The molecule has 6 aromatic rings. The largest absolute Gasteiger partial charge is 0.382 e. The Morgan fingerprint density at radius 2 is 1.97 bits per heavy atom. The van der Waals surface area contributed by atoms with Gasteiger partial charge in [-0.25, -0.2) is 15.0 Å². The smallest absolute Gasteiger partial charge is 0.258 e. The van der Waals surface area contributed by atoms with E-state index in [9.17, 15) is 4.79 Å². The van der Waals surface area contributed by atoms with E-state index in [1.165, 1.54) is 17.7 Å². The summed E-state index contributed by atoms with van der Waals surface area (Å²) in [6, 6.07) is 11.9. The average molecular weight is 481 g/mol. The Morgan fingerprint density at radius 3 is 2.86 bits per heavy atom. The van der Waals surface area contributed by atoms with Crippen LogP contribution in [0.3, 0.4) is 0 Å². The first-order valence-corrected chi connectivity index (χ1v) is 11.7. The van der Waals surface area contributed by atoms with Gasteiger partial charge in [-0.15, -0.1) is 11.3 Å². The second-order valence-corrected chi connectivity index (χ2v) is 9.13. The number of rotatable bonds is 4. The second-order valence-electron chi connectivity index (χ2n) is 8.25. The quantitative estimate of drug-likeness (QED) is 0.324. The van der Waals surface area contributed by atoms with Crippen LogP contribution in [0.15, 0.2) is 60.5 Å². The van der Waals surface area contributed by atoms with E-state index in [0.717, 1.165) is 38.6 Å². The van der Waals surface area contributed by atoms with Gasteiger partial charge in [0.05, 0.1) is 27.0 Å². The monoisotopic (exact) mass is 480 g/mol. The van der Waals surface area contributed by atoms with Gasteiger partial charge in [0, 0.05) is 46.7 Å². The van der Waals surface area contributed by atoms with Gasteiger partial charge in [0.2, 0.25) is 0 Å². The normalized spacial score (nSPS) is 11.4. The molecule has 6 rings (SSSR count). The van der Waals surface area contributed by atoms with Gasteiger partial charge in [-0.1, -0.05) is 12.1 Å². The SMILES string of the molecule is Cc1ccc2c(Nc3ccc4nn(C)cc4c3)nccc2c1NC(=O)c1csc2c(N)ncnc12. The Bertz CT molecular complexity index is 1770. The summed E-state index contributed by atoms with van der Waals surface area (Å²) in [5.41, 5.74) is 10.4. The maximum atomic E-state index is 13.3. The number of fused-ring (bicyclic) bond motifs is 3. The molecule has 0 atom stereocenters. The summed E-state index contributed by atoms with van der Waals surface area (Å²) in [6.07, 6.45) is 5.08. The van der Waals surface area contributed by atoms with E-state index in [1.54, 1.807) is 16.3 Å². The molecule has 0 saturated heterocycles. The highest BCUT2D eigenvalue weighted by atomic mass is 32.1. The molecule has 4 heterocycles. The van der Waals surface area contributed by atoms with Gasteiger partial charge in [0.15, 0.2) is 0 Å². The number of anilines is 4. The van der Waals surface area contributed by atoms with Crippen LogP contribution in [0.4, 0.5) is 23.0 Å². The number of benzene rings is 2. The Labute approximate surface area is 203 Å². The summed E-state index contributed by atoms with van der Waals surface area (Å²) in [5.74, 6) is 0.813. The number of pyridine rings is 1. The van der Waals surface area contributed by atoms with Gasteiger partial charge in [0.25, 0.3) is 5.91 Å². The number of carbonyl (C=O) groups is 1. The maximum absolute atomic E-state index is 13.3. The number of hydrogen-bond acceptors (Lipinski definition) is 8. The van der Waals surface area contributed by atoms with E-state index in [1.807, 2.05) is 56.6 Å². The molecule has 4 N–H and O–H groups in total. The molecule has 0 saturated carbocycles. The summed E-state index contributed by atoms with van der Waals surface area (Å²) in [7, 11) is 1.90. The highest BCUT2D eigenvalue weighted by molar-refractivity contribution is 7.18. The minimum absolute atomic E-state index is 0.252. The predicted molar refractivity (Wildman–Crippen MR) is 140 cm³/mol. The lowest BCUT2D eigenvalue weighted by atomic mass is 10.0. The number of aryl methyl sites for hydroxylation is 2. The zero-order chi connectivity index (χ0) is 24.1. The van der Waals surface area contributed by atoms with Crippen molar-refractivity contribution < 1.29 is 4.79 Å². The van der Waals surface area contributed by atoms with Crippen molar-refractivity contribution in [1.82, 2.24) is 24.7 Å². The van der Waals surface area contributed by atoms with Crippen molar-refractivity contribution in [2.45, 2.75) is 6.92 Å². The van der Waals surface area contributed by atoms with Gasteiger partial charge < -0.3 is 16.4 Å². The summed E-state index contributed by atoms with van der Waals surface area (Å²) in [4.78, 5) is 26.1. The molecule has 4 aromatic heterocycles. The molecule has 0 spiro atoms. The Balaban J connectivity index is 1.38. The lowest BCUT2D eigenvalue weighted by molar-refractivity contribution is 0.102. The maximum Gasteiger partial charge on any atom is 0.258 e. The predicted octanol–water partition coefficient (Wildman–Crippen LogP) is 5.01. The topological polar surface area (TPSA) is 124 Å². The van der Waals surface area contributed by atoms with E-state index >= 15 is 0 Å². The van der Waals surface area contributed by atoms with Gasteiger partial charge in [-0.2, -0.15) is 5.10 Å². The molecule has 0 aliphatic heterocycles. The second kappa shape index (κ2) is 8.03. The molecule has 2 aromatic carbocycles. The summed E-state index contributed by atoms with van der Waals surface area (Å²) >= 11 is 1.36. The van der Waals surface area contributed by atoms with Crippen molar-refractivity contribution >= 4 is 72.1 Å². The first-order chi connectivity index (χ1) is 17.0. The van der Waals surface area contributed by atoms with Gasteiger partial charge in [-0.3, -0.25) is 9.48 Å². The fourth-order valence-electron chi connectivity index (χ4n) is 4.20. The van der Waals surface area contributed by atoms with Crippen LogP contribution in [0.5, 0.6) is 0 Å². The number of thiophene rings is 1. The number of nitrogens with two attached hydrogens (primary N) is 1. The van der Waals surface area contributed by atoms with Crippen molar-refractivity contribution in [1.29, 1.82) is 0 Å². The van der Waals surface area contributed by atoms with Crippen LogP contribution in [-0.4, -0.2) is 30.6 Å². The fraction of sp³-hybridized carbons (Fsp3) is 0.0800. The van der Waals surface area contributed by atoms with Crippen molar-refractivity contribution in [2.24, 2.45) is 7.05 Å². The number of hydrogen-bond donors (Lipinski definition) is 3. The van der Waals surface area contributed by atoms with Crippen LogP contribution >= 0.6 is 11.3 Å². The molecule has 0 fully saturated rings. The highest BCUT2D eigenvalue weighted by Gasteiger charge is 2.18. The van der Waals surface area contributed by atoms with E-state index < -0.39 is 0 Å². The minimum atomic E-state index is -0.252. The number of nitrogens with zero attached hydrogens (tertiary/aromatic N) is 5. The van der Waals surface area contributed by atoms with Gasteiger partial charge in [-0.05, 0) is 36.8 Å². The van der Waals surface area contributed by atoms with Crippen LogP contribution in [-0.2, 0) is 7.05 Å². The molecule has 35 heavy (non-hydrogen) atoms. The summed E-state index contributed by atoms with van der Waals surface area (Å²) < 4.78 is 2.49. The van der Waals surface area contributed by atoms with Crippen LogP contribution < -0.4 is 16.4 Å². The third-order valence-corrected chi connectivity index (χ3v) is 6.89. The number of nitrogen functional groups attached to an aromatic ring is 1. The number of amides is 1. The standard InChI is InChI=1S/C25H20N8OS/c1-13-3-5-17-16(20(13)31-25(34)18-11-35-22-21(18)28-12-29-23(22)26)7-8-27-24(17)30-15-4-6-19-14(9-15)10-33(2)32-19/h3-12H,1-2H3,(H,27,30)(H,31,34)(H2,26,28,29). The molecule has 0 aliphatic rings. The van der Waals surface area contributed by atoms with Crippen molar-refractivity contribution in [3.63, 3.8) is 0 Å². The van der Waals surface area contributed by atoms with Crippen LogP contribution in [0.25, 0.3) is 31.9 Å². The Kier molecular flexibility index (Phi) is 4.82. The summed E-state index contributed by atoms with van der Waals surface area (Å²) in [6.45, 7) is 1.96. The number of aromatic nitrogens is 5. The zero-order valence-electron chi connectivity index (χ0n) is 18.9. The van der Waals surface area contributed by atoms with Crippen molar-refractivity contribution in [2.75, 3.05) is 16.4 Å². The molecular weight excluding hydrogens is 460 g/mol. The summed E-state index contributed by atoms with van der Waals surface area (Å²) in [5, 5.41) is 15.5. The Morgan fingerprint density at radius 1 is 1.09 bits per heavy atom. The first kappa shape index (κ1) is 21.0. The van der Waals surface area contributed by atoms with Crippen LogP contribution in [0.2, 0.25) is 0 Å². The van der Waals surface area contributed by atoms with E-state index in [0.29, 0.717) is 27.4 Å². The molecular formula is C25H20N8OS. The molecule has 10 heteroatoms. The van der Waals surface area contributed by atoms with Gasteiger partial charge in [0.1, 0.15) is 18.0 Å². The molecule has 172 valence electrons. The van der Waals surface area contributed by atoms with E-state index in [2.05, 4.69) is 30.7 Å². The molecule has 0 aliphatic carbocycles. The molecule has 9 nitrogen and oxygen atoms in total.